The number of hydrogen-bond donors (Lipinski definition) is 0. The zero-order valence-electron chi connectivity index (χ0n) is 52.4. The van der Waals surface area contributed by atoms with Gasteiger partial charge in [-0.1, -0.05) is 286 Å². The van der Waals surface area contributed by atoms with Gasteiger partial charge in [0.25, 0.3) is 0 Å². The van der Waals surface area contributed by atoms with E-state index in [0.717, 1.165) is 116 Å². The van der Waals surface area contributed by atoms with E-state index in [1.54, 1.807) is 0 Å². The van der Waals surface area contributed by atoms with Crippen molar-refractivity contribution in [3.63, 3.8) is 0 Å². The van der Waals surface area contributed by atoms with Gasteiger partial charge in [0.15, 0.2) is 6.10 Å². The van der Waals surface area contributed by atoms with Crippen LogP contribution < -0.4 is 0 Å². The molecule has 0 amide bonds. The molecule has 0 aromatic rings. The molecule has 0 heterocycles. The fraction of sp³-hybridized carbons (Fsp3) is 0.767. The molecule has 0 saturated heterocycles. The number of esters is 3. The molecular formula is C73H128O6. The molecule has 0 aliphatic rings. The summed E-state index contributed by atoms with van der Waals surface area (Å²) >= 11 is 0. The zero-order valence-corrected chi connectivity index (χ0v) is 52.4. The summed E-state index contributed by atoms with van der Waals surface area (Å²) in [5.41, 5.74) is 0. The van der Waals surface area contributed by atoms with E-state index in [2.05, 4.69) is 106 Å². The SMILES string of the molecule is CCCCC/C=C\C/C=C\CCCCCCCC(=O)OCC(COC(=O)CCCCCCCCCCCCCCCCCC/C=C\C/C=C\C/C=C\CCCCCCC)OC(=O)CCCCCCC/C=C\C/C=C\CCCCC. The van der Waals surface area contributed by atoms with Crippen LogP contribution in [0.5, 0.6) is 0 Å². The lowest BCUT2D eigenvalue weighted by Gasteiger charge is -2.18. The number of allylic oxidation sites excluding steroid dienone is 14. The van der Waals surface area contributed by atoms with Crippen LogP contribution in [-0.4, -0.2) is 37.2 Å². The average Bonchev–Trinajstić information content (AvgIpc) is 3.45. The summed E-state index contributed by atoms with van der Waals surface area (Å²) in [6.07, 6.45) is 88.9. The van der Waals surface area contributed by atoms with Crippen LogP contribution in [0.3, 0.4) is 0 Å². The van der Waals surface area contributed by atoms with Gasteiger partial charge in [-0.2, -0.15) is 0 Å². The third-order valence-corrected chi connectivity index (χ3v) is 14.8. The van der Waals surface area contributed by atoms with Gasteiger partial charge in [0, 0.05) is 19.3 Å². The summed E-state index contributed by atoms with van der Waals surface area (Å²) in [5, 5.41) is 0. The third-order valence-electron chi connectivity index (χ3n) is 14.8. The maximum Gasteiger partial charge on any atom is 0.306 e. The quantitative estimate of drug-likeness (QED) is 0.0261. The summed E-state index contributed by atoms with van der Waals surface area (Å²) in [6.45, 7) is 6.58. The van der Waals surface area contributed by atoms with Gasteiger partial charge in [0.1, 0.15) is 13.2 Å². The van der Waals surface area contributed by atoms with Crippen LogP contribution in [0.4, 0.5) is 0 Å². The molecule has 0 aromatic heterocycles. The lowest BCUT2D eigenvalue weighted by molar-refractivity contribution is -0.167. The highest BCUT2D eigenvalue weighted by Crippen LogP contribution is 2.17. The van der Waals surface area contributed by atoms with Crippen LogP contribution >= 0.6 is 0 Å². The lowest BCUT2D eigenvalue weighted by Crippen LogP contribution is -2.30. The molecule has 0 spiro atoms. The number of ether oxygens (including phenoxy) is 3. The third kappa shape index (κ3) is 65.3. The molecule has 0 N–H and O–H groups in total. The second-order valence-electron chi connectivity index (χ2n) is 22.7. The van der Waals surface area contributed by atoms with Crippen molar-refractivity contribution < 1.29 is 28.6 Å². The fourth-order valence-electron chi connectivity index (χ4n) is 9.69. The summed E-state index contributed by atoms with van der Waals surface area (Å²) < 4.78 is 16.9. The molecule has 1 atom stereocenters. The van der Waals surface area contributed by atoms with Crippen molar-refractivity contribution in [2.75, 3.05) is 13.2 Å². The average molecular weight is 1100 g/mol. The molecule has 6 heteroatoms. The van der Waals surface area contributed by atoms with Crippen LogP contribution in [-0.2, 0) is 28.6 Å². The lowest BCUT2D eigenvalue weighted by atomic mass is 10.0. The minimum absolute atomic E-state index is 0.0848. The minimum atomic E-state index is -0.790. The Labute approximate surface area is 490 Å². The van der Waals surface area contributed by atoms with Crippen LogP contribution in [0.1, 0.15) is 342 Å². The van der Waals surface area contributed by atoms with E-state index in [0.29, 0.717) is 19.3 Å². The van der Waals surface area contributed by atoms with Crippen molar-refractivity contribution >= 4 is 17.9 Å². The number of carbonyl (C=O) groups excluding carboxylic acids is 3. The Hall–Kier alpha value is -3.41. The fourth-order valence-corrected chi connectivity index (χ4v) is 9.69. The van der Waals surface area contributed by atoms with Gasteiger partial charge in [-0.25, -0.2) is 0 Å². The summed E-state index contributed by atoms with van der Waals surface area (Å²) in [6, 6.07) is 0. The van der Waals surface area contributed by atoms with E-state index >= 15 is 0 Å². The van der Waals surface area contributed by atoms with Crippen molar-refractivity contribution in [3.8, 4) is 0 Å². The van der Waals surface area contributed by atoms with E-state index in [1.165, 1.54) is 186 Å². The number of unbranched alkanes of at least 4 members (excludes halogenated alkanes) is 37. The molecule has 456 valence electrons. The van der Waals surface area contributed by atoms with Crippen molar-refractivity contribution in [1.82, 2.24) is 0 Å². The molecule has 0 fully saturated rings. The Morgan fingerprint density at radius 2 is 0.456 bits per heavy atom. The topological polar surface area (TPSA) is 78.9 Å². The van der Waals surface area contributed by atoms with Crippen LogP contribution in [0.25, 0.3) is 0 Å². The molecule has 79 heavy (non-hydrogen) atoms. The Morgan fingerprint density at radius 3 is 0.734 bits per heavy atom. The highest BCUT2D eigenvalue weighted by molar-refractivity contribution is 5.71. The van der Waals surface area contributed by atoms with E-state index < -0.39 is 6.10 Å². The van der Waals surface area contributed by atoms with Gasteiger partial charge < -0.3 is 14.2 Å². The molecular weight excluding hydrogens is 973 g/mol. The van der Waals surface area contributed by atoms with Crippen molar-refractivity contribution in [2.24, 2.45) is 0 Å². The largest absolute Gasteiger partial charge is 0.462 e. The van der Waals surface area contributed by atoms with E-state index in [1.807, 2.05) is 0 Å². The predicted octanol–water partition coefficient (Wildman–Crippen LogP) is 23.4. The minimum Gasteiger partial charge on any atom is -0.462 e. The van der Waals surface area contributed by atoms with Gasteiger partial charge in [-0.3, -0.25) is 14.4 Å². The van der Waals surface area contributed by atoms with Gasteiger partial charge in [-0.15, -0.1) is 0 Å². The molecule has 0 rings (SSSR count). The molecule has 6 nitrogen and oxygen atoms in total. The van der Waals surface area contributed by atoms with Gasteiger partial charge in [0.05, 0.1) is 0 Å². The zero-order chi connectivity index (χ0) is 57.1. The second kappa shape index (κ2) is 67.1. The van der Waals surface area contributed by atoms with Crippen LogP contribution in [0.15, 0.2) is 85.1 Å². The van der Waals surface area contributed by atoms with Gasteiger partial charge in [-0.05, 0) is 122 Å². The molecule has 1 unspecified atom stereocenters. The van der Waals surface area contributed by atoms with Crippen molar-refractivity contribution in [2.45, 2.75) is 348 Å². The molecule has 0 aliphatic carbocycles. The van der Waals surface area contributed by atoms with Gasteiger partial charge in [0.2, 0.25) is 0 Å². The van der Waals surface area contributed by atoms with Crippen LogP contribution in [0, 0.1) is 0 Å². The first kappa shape index (κ1) is 75.6. The standard InChI is InChI=1S/C73H128O6/c1-4-7-10-13-16-19-22-25-28-29-30-31-32-33-34-35-36-37-38-39-40-41-42-43-46-48-51-54-57-60-63-66-72(75)78-69-70(79-73(76)67-64-61-58-55-52-49-45-27-24-21-18-15-12-9-6-3)68-77-71(74)65-62-59-56-53-50-47-44-26-23-20-17-14-11-8-5-2/h17-18,20-22,25-27,29-30,32-33,44-45,70H,4-16,19,23-24,28,31,34-43,46-69H2,1-3H3/b20-17-,21-18-,25-22-,30-29-,33-32-,44-26-,45-27-. The Kier molecular flexibility index (Phi) is 64.2. The smallest absolute Gasteiger partial charge is 0.306 e. The first-order valence-corrected chi connectivity index (χ1v) is 34.1. The maximum atomic E-state index is 12.9. The Bertz CT molecular complexity index is 1500. The normalized spacial score (nSPS) is 12.6. The van der Waals surface area contributed by atoms with Crippen LogP contribution in [0.2, 0.25) is 0 Å². The Balaban J connectivity index is 4.22. The maximum absolute atomic E-state index is 12.9. The van der Waals surface area contributed by atoms with Crippen molar-refractivity contribution in [1.29, 1.82) is 0 Å². The second-order valence-corrected chi connectivity index (χ2v) is 22.7. The van der Waals surface area contributed by atoms with Gasteiger partial charge >= 0.3 is 17.9 Å². The van der Waals surface area contributed by atoms with E-state index in [4.69, 9.17) is 14.2 Å². The highest BCUT2D eigenvalue weighted by Gasteiger charge is 2.19. The first-order chi connectivity index (χ1) is 39.0. The molecule has 0 aromatic carbocycles. The molecule has 0 aliphatic heterocycles. The number of hydrogen-bond acceptors (Lipinski definition) is 6. The molecule has 0 bridgehead atoms. The number of carbonyl (C=O) groups is 3. The Morgan fingerprint density at radius 1 is 0.253 bits per heavy atom. The summed E-state index contributed by atoms with van der Waals surface area (Å²) in [4.78, 5) is 38.3. The first-order valence-electron chi connectivity index (χ1n) is 34.1. The number of rotatable bonds is 62. The summed E-state index contributed by atoms with van der Waals surface area (Å²) in [7, 11) is 0. The van der Waals surface area contributed by atoms with Crippen molar-refractivity contribution in [3.05, 3.63) is 85.1 Å². The molecule has 0 radical (unpaired) electrons. The van der Waals surface area contributed by atoms with E-state index in [-0.39, 0.29) is 31.1 Å². The highest BCUT2D eigenvalue weighted by atomic mass is 16.6. The predicted molar refractivity (Wildman–Crippen MR) is 344 cm³/mol. The monoisotopic (exact) mass is 1100 g/mol. The van der Waals surface area contributed by atoms with E-state index in [9.17, 15) is 14.4 Å². The summed E-state index contributed by atoms with van der Waals surface area (Å²) in [5.74, 6) is -0.900. The molecule has 0 saturated carbocycles.